The molecule has 1 saturated carbocycles. The van der Waals surface area contributed by atoms with Crippen molar-refractivity contribution in [3.8, 4) is 0 Å². The molecule has 0 aromatic carbocycles. The van der Waals surface area contributed by atoms with E-state index in [9.17, 15) is 29.1 Å². The van der Waals surface area contributed by atoms with E-state index in [4.69, 9.17) is 10.6 Å². The second-order valence-electron chi connectivity index (χ2n) is 9.01. The van der Waals surface area contributed by atoms with E-state index in [0.717, 1.165) is 53.9 Å². The predicted octanol–water partition coefficient (Wildman–Crippen LogP) is -0.903. The van der Waals surface area contributed by atoms with E-state index in [1.165, 1.54) is 23.5 Å². The highest BCUT2D eigenvalue weighted by Gasteiger charge is 2.54. The molecule has 2 aromatic heterocycles. The van der Waals surface area contributed by atoms with Crippen LogP contribution in [0.3, 0.4) is 0 Å². The molecule has 212 valence electrons. The van der Waals surface area contributed by atoms with Gasteiger partial charge in [0.2, 0.25) is 11.5 Å². The number of aromatic amines is 1. The Morgan fingerprint density at radius 2 is 2.02 bits per heavy atom. The fourth-order valence-electron chi connectivity index (χ4n) is 4.38. The zero-order valence-electron chi connectivity index (χ0n) is 20.9. The van der Waals surface area contributed by atoms with Crippen LogP contribution in [0.15, 0.2) is 31.2 Å². The molecule has 4 heterocycles. The highest BCUT2D eigenvalue weighted by Crippen LogP contribution is 2.41. The number of amides is 2. The van der Waals surface area contributed by atoms with Crippen molar-refractivity contribution in [2.45, 2.75) is 48.4 Å². The van der Waals surface area contributed by atoms with Gasteiger partial charge in [0, 0.05) is 30.1 Å². The summed E-state index contributed by atoms with van der Waals surface area (Å²) >= 11 is 3.20. The number of nitrogens with one attached hydrogen (secondary N) is 2. The Balaban J connectivity index is 1.31. The number of aromatic nitrogens is 5. The maximum Gasteiger partial charge on any atom is 0.352 e. The molecule has 2 aromatic rings. The lowest BCUT2D eigenvalue weighted by molar-refractivity contribution is -0.150. The van der Waals surface area contributed by atoms with Crippen molar-refractivity contribution in [3.05, 3.63) is 37.8 Å². The number of carbonyl (C=O) groups excluding carboxylic acids is 2. The Kier molecular flexibility index (Phi) is 7.95. The number of carboxylic acids is 1. The topological polar surface area (TPSA) is 228 Å². The minimum absolute atomic E-state index is 0.0337. The molecule has 0 radical (unpaired) electrons. The fraction of sp³-hybridized carbons (Fsp3) is 0.476. The van der Waals surface area contributed by atoms with Gasteiger partial charge in [0.25, 0.3) is 11.8 Å². The maximum atomic E-state index is 13.2. The third-order valence-corrected chi connectivity index (χ3v) is 9.32. The zero-order valence-corrected chi connectivity index (χ0v) is 23.3. The molecule has 1 aliphatic carbocycles. The molecule has 19 heteroatoms. The van der Waals surface area contributed by atoms with Gasteiger partial charge in [-0.2, -0.15) is 14.3 Å². The lowest BCUT2D eigenvalue weighted by Crippen LogP contribution is -2.71. The van der Waals surface area contributed by atoms with Crippen LogP contribution in [0.1, 0.15) is 31.5 Å². The first-order chi connectivity index (χ1) is 19.1. The molecule has 0 spiro atoms. The fourth-order valence-corrected chi connectivity index (χ4v) is 7.22. The number of nitrogen functional groups attached to an aromatic ring is 1. The second kappa shape index (κ2) is 11.4. The number of nitrogens with zero attached hydrogens (tertiary/aromatic N) is 6. The molecule has 3 aliphatic rings. The maximum absolute atomic E-state index is 13.2. The van der Waals surface area contributed by atoms with Crippen LogP contribution >= 0.6 is 35.1 Å². The summed E-state index contributed by atoms with van der Waals surface area (Å²) in [6, 6.07) is -1.02. The molecule has 16 nitrogen and oxygen atoms in total. The molecule has 2 aliphatic heterocycles. The van der Waals surface area contributed by atoms with E-state index >= 15 is 0 Å². The molecule has 40 heavy (non-hydrogen) atoms. The lowest BCUT2D eigenvalue weighted by Gasteiger charge is -2.49. The average molecular weight is 610 g/mol. The number of hydrogen-bond acceptors (Lipinski definition) is 14. The Morgan fingerprint density at radius 3 is 2.70 bits per heavy atom. The molecule has 1 saturated heterocycles. The molecular formula is C21H23N9O7S3. The van der Waals surface area contributed by atoms with Gasteiger partial charge in [-0.15, -0.1) is 11.8 Å². The van der Waals surface area contributed by atoms with Gasteiger partial charge in [-0.05, 0) is 31.3 Å². The molecule has 2 amide bonds. The van der Waals surface area contributed by atoms with Crippen LogP contribution < -0.4 is 22.2 Å². The van der Waals surface area contributed by atoms with Gasteiger partial charge in [-0.3, -0.25) is 33.9 Å². The molecule has 5 N–H and O–H groups in total. The third-order valence-electron chi connectivity index (χ3n) is 6.32. The van der Waals surface area contributed by atoms with E-state index in [1.54, 1.807) is 0 Å². The first-order valence-corrected chi connectivity index (χ1v) is 14.8. The van der Waals surface area contributed by atoms with Crippen LogP contribution in [-0.4, -0.2) is 86.6 Å². The van der Waals surface area contributed by atoms with Gasteiger partial charge in [-0.1, -0.05) is 16.9 Å². The number of carbonyl (C=O) groups is 3. The van der Waals surface area contributed by atoms with Crippen molar-refractivity contribution >= 4 is 63.7 Å². The van der Waals surface area contributed by atoms with E-state index in [0.29, 0.717) is 5.57 Å². The number of H-pyrrole nitrogens is 1. The van der Waals surface area contributed by atoms with Crippen LogP contribution in [0, 0.1) is 0 Å². The first-order valence-electron chi connectivity index (χ1n) is 12.0. The number of aliphatic carboxylic acids is 1. The van der Waals surface area contributed by atoms with E-state index in [-0.39, 0.29) is 45.1 Å². The zero-order chi connectivity index (χ0) is 28.6. The van der Waals surface area contributed by atoms with E-state index in [1.807, 2.05) is 0 Å². The number of nitrogens with two attached hydrogens (primary N) is 1. The quantitative estimate of drug-likeness (QED) is 0.0889. The third kappa shape index (κ3) is 5.48. The van der Waals surface area contributed by atoms with Crippen LogP contribution in [-0.2, 0) is 26.3 Å². The Bertz CT molecular complexity index is 1540. The summed E-state index contributed by atoms with van der Waals surface area (Å²) < 4.78 is 5.30. The normalized spacial score (nSPS) is 21.3. The van der Waals surface area contributed by atoms with Crippen LogP contribution in [0.25, 0.3) is 0 Å². The Hall–Kier alpha value is -3.71. The van der Waals surface area contributed by atoms with Crippen LogP contribution in [0.2, 0.25) is 0 Å². The molecule has 5 rings (SSSR count). The van der Waals surface area contributed by atoms with Gasteiger partial charge in [-0.25, -0.2) is 4.79 Å². The van der Waals surface area contributed by atoms with Crippen LogP contribution in [0.5, 0.6) is 0 Å². The van der Waals surface area contributed by atoms with Gasteiger partial charge in [0.15, 0.2) is 10.3 Å². The summed E-state index contributed by atoms with van der Waals surface area (Å²) in [7, 11) is 1.49. The van der Waals surface area contributed by atoms with Gasteiger partial charge in [0.05, 0.1) is 0 Å². The van der Waals surface area contributed by atoms with Gasteiger partial charge >= 0.3 is 17.1 Å². The standard InChI is InChI=1S/C21H23N9O7S3/c1-29-21(25-15(32)16(33)26-29)39-7-8-6-38-18-11(17(34)30(18)12(8)19(35)36)23-14(31)10(13-24-20(22)40-28-13)27-37-9-4-2-3-5-9/h9,11,18H,2-7H2,1H3,(H,23,31)(H,26,33)(H,35,36)(H2,22,24,28)/b27-10+. The molecule has 2 atom stereocenters. The minimum atomic E-state index is -1.31. The van der Waals surface area contributed by atoms with Crippen molar-refractivity contribution < 1.29 is 24.3 Å². The van der Waals surface area contributed by atoms with Gasteiger partial charge in [0.1, 0.15) is 23.2 Å². The molecular weight excluding hydrogens is 586 g/mol. The SMILES string of the molecule is Cn1[nH]c(=O)c(=O)nc1SCC1=C(C(=O)O)N2C(=O)C(NC(=O)/C(=N/OC3CCCC3)c3nsc(N)n3)C2SC1. The first kappa shape index (κ1) is 27.8. The number of rotatable bonds is 9. The Morgan fingerprint density at radius 1 is 1.27 bits per heavy atom. The number of aryl methyl sites for hydroxylation is 1. The summed E-state index contributed by atoms with van der Waals surface area (Å²) in [5.41, 5.74) is 3.84. The average Bonchev–Trinajstić information content (AvgIpc) is 3.60. The lowest BCUT2D eigenvalue weighted by atomic mass is 10.0. The molecule has 0 bridgehead atoms. The van der Waals surface area contributed by atoms with E-state index < -0.39 is 40.3 Å². The number of β-lactam (4-membered cyclic amide) rings is 1. The number of anilines is 1. The number of thioether (sulfide) groups is 2. The van der Waals surface area contributed by atoms with Gasteiger partial charge < -0.3 is 21.0 Å². The summed E-state index contributed by atoms with van der Waals surface area (Å²) in [5.74, 6) is -2.36. The number of hydrogen-bond donors (Lipinski definition) is 4. The van der Waals surface area contributed by atoms with E-state index in [2.05, 4.69) is 29.9 Å². The largest absolute Gasteiger partial charge is 0.477 e. The highest BCUT2D eigenvalue weighted by molar-refractivity contribution is 8.01. The predicted molar refractivity (Wildman–Crippen MR) is 145 cm³/mol. The summed E-state index contributed by atoms with van der Waals surface area (Å²) in [6.45, 7) is 0. The summed E-state index contributed by atoms with van der Waals surface area (Å²) in [4.78, 5) is 75.9. The number of fused-ring (bicyclic) bond motifs is 1. The van der Waals surface area contributed by atoms with Crippen molar-refractivity contribution in [3.63, 3.8) is 0 Å². The Labute approximate surface area is 237 Å². The molecule has 2 fully saturated rings. The van der Waals surface area contributed by atoms with Crippen LogP contribution in [0.4, 0.5) is 5.13 Å². The van der Waals surface area contributed by atoms with Crippen molar-refractivity contribution in [1.29, 1.82) is 0 Å². The van der Waals surface area contributed by atoms with Crippen molar-refractivity contribution in [2.24, 2.45) is 12.2 Å². The summed E-state index contributed by atoms with van der Waals surface area (Å²) in [5, 5.41) is 18.5. The number of carboxylic acid groups (broad SMARTS) is 1. The van der Waals surface area contributed by atoms with Crippen molar-refractivity contribution in [2.75, 3.05) is 17.2 Å². The monoisotopic (exact) mass is 609 g/mol. The van der Waals surface area contributed by atoms with Crippen molar-refractivity contribution in [1.82, 2.24) is 34.3 Å². The smallest absolute Gasteiger partial charge is 0.352 e. The highest BCUT2D eigenvalue weighted by atomic mass is 32.2. The molecule has 2 unspecified atom stereocenters. The number of oxime groups is 1. The summed E-state index contributed by atoms with van der Waals surface area (Å²) in [6.07, 6.45) is 3.46. The minimum Gasteiger partial charge on any atom is -0.477 e. The second-order valence-corrected chi connectivity index (χ2v) is 11.8.